The number of para-hydroxylation sites is 1. The van der Waals surface area contributed by atoms with Crippen LogP contribution in [0.5, 0.6) is 0 Å². The van der Waals surface area contributed by atoms with Crippen LogP contribution in [0.4, 0.5) is 5.69 Å². The van der Waals surface area contributed by atoms with Gasteiger partial charge in [0.05, 0.1) is 5.69 Å². The number of nitrogens with two attached hydrogens (primary N) is 1. The molecule has 2 rings (SSSR count). The normalized spacial score (nSPS) is 20.4. The molecule has 1 heterocycles. The van der Waals surface area contributed by atoms with Crippen LogP contribution >= 0.6 is 12.0 Å². The Labute approximate surface area is 118 Å². The van der Waals surface area contributed by atoms with Crippen LogP contribution in [-0.4, -0.2) is 5.54 Å². The van der Waals surface area contributed by atoms with Gasteiger partial charge in [-0.1, -0.05) is 25.1 Å². The molecule has 0 amide bonds. The molecule has 102 valence electrons. The van der Waals surface area contributed by atoms with Crippen molar-refractivity contribution in [3.8, 4) is 11.3 Å². The molecule has 1 aromatic carbocycles. The van der Waals surface area contributed by atoms with Crippen molar-refractivity contribution in [1.29, 1.82) is 0 Å². The third-order valence-electron chi connectivity index (χ3n) is 3.39. The molecule has 0 spiro atoms. The molecule has 0 bridgehead atoms. The number of nitrogens with zero attached hydrogens (tertiary/aromatic N) is 1. The summed E-state index contributed by atoms with van der Waals surface area (Å²) in [5.41, 5.74) is 2.47. The van der Waals surface area contributed by atoms with Gasteiger partial charge in [-0.15, -0.1) is 9.32 Å². The Balaban J connectivity index is 2.33. The van der Waals surface area contributed by atoms with Crippen LogP contribution in [0.2, 0.25) is 0 Å². The second-order valence-corrected chi connectivity index (χ2v) is 5.78. The van der Waals surface area contributed by atoms with E-state index in [0.717, 1.165) is 24.2 Å². The third kappa shape index (κ3) is 3.04. The molecule has 0 radical (unpaired) electrons. The maximum atomic E-state index is 4.77. The number of fused-ring (bicyclic) bond motifs is 1. The third-order valence-corrected chi connectivity index (χ3v) is 3.71. The van der Waals surface area contributed by atoms with Crippen molar-refractivity contribution in [3.63, 3.8) is 0 Å². The van der Waals surface area contributed by atoms with E-state index in [-0.39, 0.29) is 5.54 Å². The van der Waals surface area contributed by atoms with Crippen LogP contribution in [0, 0.1) is 11.3 Å². The van der Waals surface area contributed by atoms with E-state index < -0.39 is 0 Å². The van der Waals surface area contributed by atoms with Crippen molar-refractivity contribution in [1.82, 2.24) is 0 Å². The minimum absolute atomic E-state index is 0.0229. The summed E-state index contributed by atoms with van der Waals surface area (Å²) in [6.07, 6.45) is 1.05. The summed E-state index contributed by atoms with van der Waals surface area (Å²) in [6.45, 7) is 6.64. The Morgan fingerprint density at radius 1 is 1.42 bits per heavy atom. The topological polar surface area (TPSA) is 47.7 Å². The van der Waals surface area contributed by atoms with Crippen molar-refractivity contribution in [2.24, 2.45) is 5.90 Å². The van der Waals surface area contributed by atoms with Crippen LogP contribution in [-0.2, 0) is 9.32 Å². The second kappa shape index (κ2) is 5.85. The lowest BCUT2D eigenvalue weighted by Gasteiger charge is -2.43. The predicted octanol–water partition coefficient (Wildman–Crippen LogP) is 3.17. The number of benzene rings is 1. The van der Waals surface area contributed by atoms with Crippen LogP contribution in [0.1, 0.15) is 38.7 Å². The van der Waals surface area contributed by atoms with Crippen LogP contribution in [0.25, 0.3) is 0 Å². The first-order chi connectivity index (χ1) is 9.06. The number of anilines is 1. The monoisotopic (exact) mass is 278 g/mol. The maximum absolute atomic E-state index is 4.77. The molecule has 1 aromatic rings. The van der Waals surface area contributed by atoms with Gasteiger partial charge in [0.15, 0.2) is 0 Å². The summed E-state index contributed by atoms with van der Waals surface area (Å²) in [5, 5.41) is 2.83. The fraction of sp³-hybridized carbons (Fsp3) is 0.429. The fourth-order valence-corrected chi connectivity index (χ4v) is 2.90. The van der Waals surface area contributed by atoms with Crippen molar-refractivity contribution in [3.05, 3.63) is 29.8 Å². The lowest BCUT2D eigenvalue weighted by atomic mass is 9.80. The van der Waals surface area contributed by atoms with Crippen LogP contribution in [0.15, 0.2) is 24.3 Å². The van der Waals surface area contributed by atoms with Crippen LogP contribution in [0.3, 0.4) is 0 Å². The van der Waals surface area contributed by atoms with Gasteiger partial charge in [-0.25, -0.2) is 0 Å². The summed E-state index contributed by atoms with van der Waals surface area (Å²) >= 11 is 0.873. The molecule has 1 unspecified atom stereocenters. The Kier molecular flexibility index (Phi) is 4.38. The molecule has 19 heavy (non-hydrogen) atoms. The zero-order valence-electron chi connectivity index (χ0n) is 11.3. The summed E-state index contributed by atoms with van der Waals surface area (Å²) < 4.78 is 4.50. The van der Waals surface area contributed by atoms with Gasteiger partial charge in [0.2, 0.25) is 0 Å². The SMILES string of the molecule is CC1CC(C)(C)N(C#CSOON)c2ccccc21. The molecular formula is C14H18N2O2S. The quantitative estimate of drug-likeness (QED) is 0.296. The highest BCUT2D eigenvalue weighted by Gasteiger charge is 2.35. The van der Waals surface area contributed by atoms with Gasteiger partial charge in [-0.3, -0.25) is 4.90 Å². The lowest BCUT2D eigenvalue weighted by Crippen LogP contribution is -2.45. The molecule has 4 nitrogen and oxygen atoms in total. The summed E-state index contributed by atoms with van der Waals surface area (Å²) in [4.78, 5) is 6.10. The van der Waals surface area contributed by atoms with Gasteiger partial charge in [0, 0.05) is 16.8 Å². The first-order valence-electron chi connectivity index (χ1n) is 6.15. The summed E-state index contributed by atoms with van der Waals surface area (Å²) in [5.74, 6) is 5.30. The van der Waals surface area contributed by atoms with E-state index in [0.29, 0.717) is 5.92 Å². The van der Waals surface area contributed by atoms with E-state index in [1.54, 1.807) is 0 Å². The average molecular weight is 278 g/mol. The molecule has 1 aliphatic heterocycles. The Hall–Kier alpha value is -1.19. The maximum Gasteiger partial charge on any atom is 0.125 e. The molecular weight excluding hydrogens is 260 g/mol. The number of hydrogen-bond acceptors (Lipinski definition) is 5. The first-order valence-corrected chi connectivity index (χ1v) is 6.89. The van der Waals surface area contributed by atoms with E-state index in [9.17, 15) is 0 Å². The van der Waals surface area contributed by atoms with Crippen molar-refractivity contribution in [2.45, 2.75) is 38.6 Å². The Bertz CT molecular complexity index is 508. The molecule has 5 heteroatoms. The summed E-state index contributed by atoms with van der Waals surface area (Å²) in [6, 6.07) is 11.5. The molecule has 0 aliphatic carbocycles. The van der Waals surface area contributed by atoms with E-state index in [1.165, 1.54) is 5.56 Å². The zero-order chi connectivity index (χ0) is 13.9. The van der Waals surface area contributed by atoms with Gasteiger partial charge in [-0.05, 0) is 37.8 Å². The van der Waals surface area contributed by atoms with Crippen molar-refractivity contribution < 1.29 is 9.32 Å². The Morgan fingerprint density at radius 3 is 2.89 bits per heavy atom. The molecule has 0 aromatic heterocycles. The molecule has 0 saturated heterocycles. The standard InChI is InChI=1S/C14H18N2O2S/c1-11-10-14(2,3)16(8-9-19-18-17-15)13-7-5-4-6-12(11)13/h4-7,11H,10,15H2,1-3H3. The molecule has 0 saturated carbocycles. The van der Waals surface area contributed by atoms with Crippen LogP contribution < -0.4 is 10.8 Å². The van der Waals surface area contributed by atoms with Gasteiger partial charge in [-0.2, -0.15) is 5.90 Å². The average Bonchev–Trinajstić information content (AvgIpc) is 2.37. The van der Waals surface area contributed by atoms with Crippen molar-refractivity contribution in [2.75, 3.05) is 4.90 Å². The minimum Gasteiger partial charge on any atom is -0.295 e. The second-order valence-electron chi connectivity index (χ2n) is 5.27. The van der Waals surface area contributed by atoms with Gasteiger partial charge in [0.1, 0.15) is 12.0 Å². The molecule has 1 atom stereocenters. The first kappa shape index (κ1) is 14.2. The van der Waals surface area contributed by atoms with E-state index in [4.69, 9.17) is 5.90 Å². The predicted molar refractivity (Wildman–Crippen MR) is 77.8 cm³/mol. The number of rotatable bonds is 2. The lowest BCUT2D eigenvalue weighted by molar-refractivity contribution is -0.194. The molecule has 2 N–H and O–H groups in total. The largest absolute Gasteiger partial charge is 0.295 e. The van der Waals surface area contributed by atoms with E-state index >= 15 is 0 Å². The van der Waals surface area contributed by atoms with Gasteiger partial charge >= 0.3 is 0 Å². The number of hydrogen-bond donors (Lipinski definition) is 1. The highest BCUT2D eigenvalue weighted by atomic mass is 32.2. The van der Waals surface area contributed by atoms with Gasteiger partial charge in [0.25, 0.3) is 0 Å². The highest BCUT2D eigenvalue weighted by Crippen LogP contribution is 2.42. The fourth-order valence-electron chi connectivity index (χ4n) is 2.70. The van der Waals surface area contributed by atoms with Crippen molar-refractivity contribution >= 4 is 17.7 Å². The van der Waals surface area contributed by atoms with E-state index in [2.05, 4.69) is 64.5 Å². The zero-order valence-corrected chi connectivity index (χ0v) is 12.2. The minimum atomic E-state index is -0.0229. The molecule has 1 aliphatic rings. The highest BCUT2D eigenvalue weighted by molar-refractivity contribution is 7.99. The van der Waals surface area contributed by atoms with Gasteiger partial charge < -0.3 is 0 Å². The molecule has 0 fully saturated rings. The summed E-state index contributed by atoms with van der Waals surface area (Å²) in [7, 11) is 0. The van der Waals surface area contributed by atoms with E-state index in [1.807, 2.05) is 6.07 Å². The Morgan fingerprint density at radius 2 is 2.16 bits per heavy atom. The smallest absolute Gasteiger partial charge is 0.125 e.